The van der Waals surface area contributed by atoms with E-state index < -0.39 is 0 Å². The van der Waals surface area contributed by atoms with Gasteiger partial charge in [0.2, 0.25) is 0 Å². The Hall–Kier alpha value is -0.980. The summed E-state index contributed by atoms with van der Waals surface area (Å²) in [5.74, 6) is 2.17. The van der Waals surface area contributed by atoms with Crippen molar-refractivity contribution in [2.75, 3.05) is 0 Å². The minimum Gasteiger partial charge on any atom is -0.345 e. The molecule has 1 aliphatic heterocycles. The van der Waals surface area contributed by atoms with Gasteiger partial charge in [0.05, 0.1) is 0 Å². The Balaban J connectivity index is 0.00000254. The zero-order valence-electron chi connectivity index (χ0n) is 18.5. The first kappa shape index (κ1) is 23.0. The van der Waals surface area contributed by atoms with E-state index in [1.165, 1.54) is 22.5 Å². The number of allylic oxidation sites excluding steroid dienone is 6. The molecule has 1 nitrogen and oxygen atoms in total. The van der Waals surface area contributed by atoms with Crippen molar-refractivity contribution < 1.29 is 0 Å². The van der Waals surface area contributed by atoms with Gasteiger partial charge in [-0.05, 0) is 48.7 Å². The molecule has 1 heterocycles. The van der Waals surface area contributed by atoms with Crippen LogP contribution in [0.5, 0.6) is 0 Å². The van der Waals surface area contributed by atoms with Crippen molar-refractivity contribution in [3.8, 4) is 0 Å². The van der Waals surface area contributed by atoms with Gasteiger partial charge in [0.15, 0.2) is 0 Å². The summed E-state index contributed by atoms with van der Waals surface area (Å²) in [5.41, 5.74) is 6.02. The quantitative estimate of drug-likeness (QED) is 0.505. The SMILES string of the molecule is CC.CC(C)C1=C(C(C)C)N(C(C)C)C(C(C)C)=C(C(C)C)C=C1. The Morgan fingerprint density at radius 3 is 1.00 bits per heavy atom. The predicted molar refractivity (Wildman–Crippen MR) is 111 cm³/mol. The first-order valence-corrected chi connectivity index (χ1v) is 10.0. The zero-order chi connectivity index (χ0) is 19.2. The van der Waals surface area contributed by atoms with Crippen LogP contribution in [0.2, 0.25) is 0 Å². The van der Waals surface area contributed by atoms with Gasteiger partial charge in [0, 0.05) is 17.4 Å². The molecule has 0 radical (unpaired) electrons. The van der Waals surface area contributed by atoms with Crippen LogP contribution in [-0.4, -0.2) is 10.9 Å². The van der Waals surface area contributed by atoms with Crippen molar-refractivity contribution in [2.45, 2.75) is 89.1 Å². The number of nitrogens with zero attached hydrogens (tertiary/aromatic N) is 1. The van der Waals surface area contributed by atoms with Gasteiger partial charge in [0.25, 0.3) is 0 Å². The minimum atomic E-state index is 0.484. The van der Waals surface area contributed by atoms with Gasteiger partial charge in [0.1, 0.15) is 0 Å². The fourth-order valence-corrected chi connectivity index (χ4v) is 3.51. The molecule has 0 saturated carbocycles. The normalized spacial score (nSPS) is 16.0. The van der Waals surface area contributed by atoms with Gasteiger partial charge in [-0.2, -0.15) is 0 Å². The average molecular weight is 334 g/mol. The molecule has 0 bridgehead atoms. The lowest BCUT2D eigenvalue weighted by molar-refractivity contribution is 0.284. The summed E-state index contributed by atoms with van der Waals surface area (Å²) >= 11 is 0. The van der Waals surface area contributed by atoms with Crippen molar-refractivity contribution in [3.63, 3.8) is 0 Å². The van der Waals surface area contributed by atoms with Crippen molar-refractivity contribution >= 4 is 0 Å². The summed E-state index contributed by atoms with van der Waals surface area (Å²) in [4.78, 5) is 2.64. The zero-order valence-corrected chi connectivity index (χ0v) is 18.5. The van der Waals surface area contributed by atoms with Gasteiger partial charge in [-0.15, -0.1) is 0 Å². The third-order valence-corrected chi connectivity index (χ3v) is 4.41. The van der Waals surface area contributed by atoms with Crippen molar-refractivity contribution in [3.05, 3.63) is 34.7 Å². The van der Waals surface area contributed by atoms with Crippen LogP contribution < -0.4 is 0 Å². The van der Waals surface area contributed by atoms with Gasteiger partial charge in [-0.25, -0.2) is 0 Å². The molecule has 0 amide bonds. The lowest BCUT2D eigenvalue weighted by Crippen LogP contribution is -2.35. The molecule has 0 atom stereocenters. The van der Waals surface area contributed by atoms with E-state index in [0.29, 0.717) is 29.7 Å². The molecule has 0 fully saturated rings. The molecule has 1 heteroatoms. The highest BCUT2D eigenvalue weighted by Gasteiger charge is 2.29. The predicted octanol–water partition coefficient (Wildman–Crippen LogP) is 7.43. The second-order valence-electron chi connectivity index (χ2n) is 8.10. The maximum atomic E-state index is 2.64. The summed E-state index contributed by atoms with van der Waals surface area (Å²) in [5, 5.41) is 0. The lowest BCUT2D eigenvalue weighted by Gasteiger charge is -2.40. The third-order valence-electron chi connectivity index (χ3n) is 4.41. The second kappa shape index (κ2) is 10.1. The number of hydrogen-bond donors (Lipinski definition) is 0. The second-order valence-corrected chi connectivity index (χ2v) is 8.10. The maximum absolute atomic E-state index is 2.64. The largest absolute Gasteiger partial charge is 0.345 e. The van der Waals surface area contributed by atoms with Gasteiger partial charge in [-0.3, -0.25) is 0 Å². The molecule has 1 rings (SSSR count). The summed E-state index contributed by atoms with van der Waals surface area (Å²) in [6.07, 6.45) is 4.78. The minimum absolute atomic E-state index is 0.484. The van der Waals surface area contributed by atoms with Crippen LogP contribution in [0.15, 0.2) is 34.7 Å². The number of hydrogen-bond acceptors (Lipinski definition) is 1. The van der Waals surface area contributed by atoms with E-state index in [1.807, 2.05) is 13.8 Å². The standard InChI is InChI=1S/C21H37N.C2H6/c1-13(2)18-11-12-19(14(3)4)21(16(7)8)22(17(9)10)20(18)15(5)6;1-2/h11-17H,1-10H3;1-2H3. The van der Waals surface area contributed by atoms with E-state index in [-0.39, 0.29) is 0 Å². The molecule has 0 aromatic rings. The first-order valence-electron chi connectivity index (χ1n) is 10.0. The Morgan fingerprint density at radius 2 is 0.833 bits per heavy atom. The molecule has 24 heavy (non-hydrogen) atoms. The molecule has 0 aromatic heterocycles. The lowest BCUT2D eigenvalue weighted by atomic mass is 9.92. The van der Waals surface area contributed by atoms with Crippen LogP contribution in [0, 0.1) is 23.7 Å². The maximum Gasteiger partial charge on any atom is 0.0279 e. The Kier molecular flexibility index (Phi) is 9.70. The molecule has 1 aliphatic rings. The first-order chi connectivity index (χ1) is 11.1. The van der Waals surface area contributed by atoms with Crippen LogP contribution in [-0.2, 0) is 0 Å². The van der Waals surface area contributed by atoms with E-state index in [9.17, 15) is 0 Å². The highest BCUT2D eigenvalue weighted by molar-refractivity contribution is 5.42. The van der Waals surface area contributed by atoms with E-state index in [4.69, 9.17) is 0 Å². The fraction of sp³-hybridized carbons (Fsp3) is 0.739. The molecule has 0 N–H and O–H groups in total. The van der Waals surface area contributed by atoms with Crippen molar-refractivity contribution in [2.24, 2.45) is 23.7 Å². The molecule has 0 saturated heterocycles. The summed E-state index contributed by atoms with van der Waals surface area (Å²) < 4.78 is 0. The Labute approximate surface area is 152 Å². The monoisotopic (exact) mass is 333 g/mol. The summed E-state index contributed by atoms with van der Waals surface area (Å²) in [6, 6.07) is 0.484. The average Bonchev–Trinajstić information content (AvgIpc) is 2.66. The molecule has 140 valence electrons. The molecule has 0 aromatic carbocycles. The molecule has 0 spiro atoms. The smallest absolute Gasteiger partial charge is 0.0279 e. The van der Waals surface area contributed by atoms with E-state index in [2.05, 4.69) is 86.3 Å². The fourth-order valence-electron chi connectivity index (χ4n) is 3.51. The summed E-state index contributed by atoms with van der Waals surface area (Å²) in [7, 11) is 0. The Morgan fingerprint density at radius 1 is 0.542 bits per heavy atom. The van der Waals surface area contributed by atoms with Crippen molar-refractivity contribution in [1.82, 2.24) is 4.90 Å². The number of rotatable bonds is 5. The highest BCUT2D eigenvalue weighted by Crippen LogP contribution is 2.38. The van der Waals surface area contributed by atoms with Crippen LogP contribution in [0.3, 0.4) is 0 Å². The van der Waals surface area contributed by atoms with Gasteiger partial charge < -0.3 is 4.90 Å². The highest BCUT2D eigenvalue weighted by atomic mass is 15.2. The molecular weight excluding hydrogens is 290 g/mol. The molecule has 0 aliphatic carbocycles. The molecule has 0 unspecified atom stereocenters. The summed E-state index contributed by atoms with van der Waals surface area (Å²) in [6.45, 7) is 27.2. The van der Waals surface area contributed by atoms with Crippen LogP contribution in [0.25, 0.3) is 0 Å². The van der Waals surface area contributed by atoms with Gasteiger partial charge in [-0.1, -0.05) is 81.4 Å². The van der Waals surface area contributed by atoms with Crippen LogP contribution >= 0.6 is 0 Å². The van der Waals surface area contributed by atoms with Crippen LogP contribution in [0.1, 0.15) is 83.1 Å². The third kappa shape index (κ3) is 5.26. The van der Waals surface area contributed by atoms with Gasteiger partial charge >= 0.3 is 0 Å². The Bertz CT molecular complexity index is 430. The van der Waals surface area contributed by atoms with E-state index >= 15 is 0 Å². The van der Waals surface area contributed by atoms with Crippen LogP contribution in [0.4, 0.5) is 0 Å². The topological polar surface area (TPSA) is 3.24 Å². The van der Waals surface area contributed by atoms with Crippen molar-refractivity contribution in [1.29, 1.82) is 0 Å². The molecular formula is C23H43N. The van der Waals surface area contributed by atoms with E-state index in [0.717, 1.165) is 0 Å². The van der Waals surface area contributed by atoms with E-state index in [1.54, 1.807) is 0 Å².